The van der Waals surface area contributed by atoms with Crippen molar-refractivity contribution in [2.45, 2.75) is 24.2 Å². The Morgan fingerprint density at radius 2 is 2.07 bits per heavy atom. The van der Waals surface area contributed by atoms with Crippen molar-refractivity contribution in [3.8, 4) is 0 Å². The van der Waals surface area contributed by atoms with E-state index in [4.69, 9.17) is 0 Å². The van der Waals surface area contributed by atoms with Crippen molar-refractivity contribution >= 4 is 38.8 Å². The third-order valence-electron chi connectivity index (χ3n) is 2.03. The summed E-state index contributed by atoms with van der Waals surface area (Å²) in [4.78, 5) is 0. The van der Waals surface area contributed by atoms with E-state index in [2.05, 4.69) is 49.6 Å². The number of rotatable bonds is 6. The Labute approximate surface area is 108 Å². The summed E-state index contributed by atoms with van der Waals surface area (Å²) in [6, 6.07) is 10.7. The zero-order valence-electron chi connectivity index (χ0n) is 9.40. The number of thioether (sulfide) groups is 1. The molecule has 0 unspecified atom stereocenters. The molecule has 0 heterocycles. The van der Waals surface area contributed by atoms with E-state index in [1.54, 1.807) is 2.95 Å². The first kappa shape index (κ1) is 13.2. The molecule has 0 spiro atoms. The summed E-state index contributed by atoms with van der Waals surface area (Å²) in [7, 11) is 0. The molecule has 0 nitrogen and oxygen atoms in total. The summed E-state index contributed by atoms with van der Waals surface area (Å²) >= 11 is 2.01. The molecule has 1 rings (SSSR count). The second-order valence-electron chi connectivity index (χ2n) is 3.28. The number of unbranched alkanes of at least 4 members (excludes halogenated alkanes) is 1. The average molecular weight is 334 g/mol. The van der Waals surface area contributed by atoms with Gasteiger partial charge in [0, 0.05) is 0 Å². The van der Waals surface area contributed by atoms with Gasteiger partial charge in [-0.25, -0.2) is 0 Å². The van der Waals surface area contributed by atoms with E-state index in [1.807, 2.05) is 11.8 Å². The number of hydrogen-bond acceptors (Lipinski definition) is 1. The second-order valence-corrected chi connectivity index (χ2v) is 8.18. The Hall–Kier alpha value is 0.0996. The van der Waals surface area contributed by atoms with Crippen LogP contribution in [0.15, 0.2) is 33.3 Å². The summed E-state index contributed by atoms with van der Waals surface area (Å²) in [6.45, 7) is 2.27. The van der Waals surface area contributed by atoms with Gasteiger partial charge in [-0.3, -0.25) is 0 Å². The van der Waals surface area contributed by atoms with Gasteiger partial charge in [-0.05, 0) is 0 Å². The minimum absolute atomic E-state index is 0.0734. The first-order valence-electron chi connectivity index (χ1n) is 5.30. The van der Waals surface area contributed by atoms with Crippen LogP contribution >= 0.6 is 11.8 Å². The Balaban J connectivity index is 2.54. The van der Waals surface area contributed by atoms with Gasteiger partial charge < -0.3 is 0 Å². The van der Waals surface area contributed by atoms with Gasteiger partial charge in [0.2, 0.25) is 0 Å². The molecule has 15 heavy (non-hydrogen) atoms. The zero-order valence-corrected chi connectivity index (χ0v) is 12.5. The third kappa shape index (κ3) is 5.66. The quantitative estimate of drug-likeness (QED) is 0.553. The van der Waals surface area contributed by atoms with Gasteiger partial charge in [0.05, 0.1) is 0 Å². The molecule has 0 aromatic heterocycles. The van der Waals surface area contributed by atoms with Crippen molar-refractivity contribution < 1.29 is 0 Å². The topological polar surface area (TPSA) is 0 Å². The van der Waals surface area contributed by atoms with Crippen LogP contribution in [-0.4, -0.2) is 27.2 Å². The fourth-order valence-corrected chi connectivity index (χ4v) is 5.54. The van der Waals surface area contributed by atoms with Crippen molar-refractivity contribution in [1.29, 1.82) is 0 Å². The van der Waals surface area contributed by atoms with Gasteiger partial charge in [-0.2, -0.15) is 0 Å². The predicted octanol–water partition coefficient (Wildman–Crippen LogP) is 4.27. The van der Waals surface area contributed by atoms with E-state index in [-0.39, 0.29) is 20.9 Å². The molecule has 0 saturated heterocycles. The maximum atomic E-state index is 2.36. The molecule has 1 aromatic rings. The van der Waals surface area contributed by atoms with Gasteiger partial charge in [0.1, 0.15) is 0 Å². The van der Waals surface area contributed by atoms with E-state index in [1.165, 1.54) is 22.9 Å². The van der Waals surface area contributed by atoms with Crippen molar-refractivity contribution in [2.75, 3.05) is 6.26 Å². The molecule has 0 fully saturated rings. The van der Waals surface area contributed by atoms with Crippen LogP contribution in [0.4, 0.5) is 0 Å². The normalized spacial score (nSPS) is 11.7. The van der Waals surface area contributed by atoms with Gasteiger partial charge in [0.15, 0.2) is 0 Å². The van der Waals surface area contributed by atoms with Gasteiger partial charge in [0.25, 0.3) is 0 Å². The summed E-state index contributed by atoms with van der Waals surface area (Å²) in [5.74, 6) is 0. The monoisotopic (exact) mass is 336 g/mol. The summed E-state index contributed by atoms with van der Waals surface area (Å²) in [5, 5.41) is 0. The van der Waals surface area contributed by atoms with Gasteiger partial charge >= 0.3 is 108 Å². The first-order valence-corrected chi connectivity index (χ1v) is 9.34. The minimum atomic E-state index is 0.0734. The Morgan fingerprint density at radius 3 is 2.67 bits per heavy atom. The molecule has 82 valence electrons. The van der Waals surface area contributed by atoms with Crippen LogP contribution in [0.25, 0.3) is 6.08 Å². The van der Waals surface area contributed by atoms with Crippen LogP contribution in [0, 0.1) is 0 Å². The predicted molar refractivity (Wildman–Crippen MR) is 73.4 cm³/mol. The fourth-order valence-electron chi connectivity index (χ4n) is 1.16. The van der Waals surface area contributed by atoms with Crippen LogP contribution in [0.5, 0.6) is 0 Å². The van der Waals surface area contributed by atoms with E-state index >= 15 is 0 Å². The Kier molecular flexibility index (Phi) is 7.26. The van der Waals surface area contributed by atoms with Gasteiger partial charge in [-0.15, -0.1) is 0 Å². The molecule has 0 N–H and O–H groups in total. The zero-order chi connectivity index (χ0) is 10.9. The fraction of sp³-hybridized carbons (Fsp3) is 0.385. The molecule has 0 aliphatic heterocycles. The molecule has 2 heteroatoms. The van der Waals surface area contributed by atoms with Gasteiger partial charge in [-0.1, -0.05) is 0 Å². The molecule has 0 aliphatic carbocycles. The van der Waals surface area contributed by atoms with Crippen LogP contribution in [0.2, 0.25) is 4.47 Å². The Bertz CT molecular complexity index is 293. The number of benzene rings is 1. The van der Waals surface area contributed by atoms with Crippen LogP contribution < -0.4 is 0 Å². The Morgan fingerprint density at radius 1 is 1.33 bits per heavy atom. The summed E-state index contributed by atoms with van der Waals surface area (Å²) < 4.78 is 3.07. The molecule has 0 aliphatic rings. The maximum absolute atomic E-state index is 2.36. The SMILES string of the molecule is CCCC[Te]/C(=C\c1ccccc1)SC. The summed E-state index contributed by atoms with van der Waals surface area (Å²) in [6.07, 6.45) is 7.29. The molecule has 0 atom stereocenters. The van der Waals surface area contributed by atoms with Crippen molar-refractivity contribution in [3.05, 3.63) is 38.8 Å². The third-order valence-corrected chi connectivity index (χ3v) is 7.32. The summed E-state index contributed by atoms with van der Waals surface area (Å²) in [5.41, 5.74) is 1.35. The molecule has 0 amide bonds. The molecule has 0 radical (unpaired) electrons. The van der Waals surface area contributed by atoms with Crippen LogP contribution in [0.1, 0.15) is 25.3 Å². The first-order chi connectivity index (χ1) is 7.36. The number of hydrogen-bond donors (Lipinski definition) is 0. The molecular weight excluding hydrogens is 316 g/mol. The molecule has 0 bridgehead atoms. The van der Waals surface area contributed by atoms with E-state index in [9.17, 15) is 0 Å². The van der Waals surface area contributed by atoms with E-state index in [0.717, 1.165) is 0 Å². The van der Waals surface area contributed by atoms with E-state index < -0.39 is 0 Å². The standard InChI is InChI=1S/C13H18STe/c1-3-4-10-15-13(14-2)11-12-8-6-5-7-9-12/h5-9,11H,3-4,10H2,1-2H3/b13-11-. The second kappa shape index (κ2) is 8.27. The molecule has 1 aromatic carbocycles. The van der Waals surface area contributed by atoms with Crippen molar-refractivity contribution in [2.24, 2.45) is 0 Å². The molecule has 0 saturated carbocycles. The van der Waals surface area contributed by atoms with Crippen molar-refractivity contribution in [1.82, 2.24) is 0 Å². The average Bonchev–Trinajstić information content (AvgIpc) is 2.29. The van der Waals surface area contributed by atoms with Crippen molar-refractivity contribution in [3.63, 3.8) is 0 Å². The van der Waals surface area contributed by atoms with E-state index in [0.29, 0.717) is 0 Å². The molecular formula is C13H18STe. The van der Waals surface area contributed by atoms with Crippen LogP contribution in [-0.2, 0) is 0 Å². The van der Waals surface area contributed by atoms with Crippen LogP contribution in [0.3, 0.4) is 0 Å².